The van der Waals surface area contributed by atoms with Gasteiger partial charge in [0.15, 0.2) is 0 Å². The van der Waals surface area contributed by atoms with E-state index in [1.165, 1.54) is 0 Å². The molecule has 2 nitrogen and oxygen atoms in total. The molecule has 0 aromatic heterocycles. The van der Waals surface area contributed by atoms with Crippen LogP contribution in [0.2, 0.25) is 0 Å². The van der Waals surface area contributed by atoms with Gasteiger partial charge in [-0.05, 0) is 0 Å². The molecule has 0 aromatic rings. The van der Waals surface area contributed by atoms with Crippen LogP contribution in [0.5, 0.6) is 0 Å². The lowest BCUT2D eigenvalue weighted by Crippen LogP contribution is -1.94. The van der Waals surface area contributed by atoms with Crippen molar-refractivity contribution < 1.29 is 9.84 Å². The highest BCUT2D eigenvalue weighted by molar-refractivity contribution is 4.82. The van der Waals surface area contributed by atoms with E-state index in [2.05, 4.69) is 13.2 Å². The van der Waals surface area contributed by atoms with Crippen LogP contribution in [-0.4, -0.2) is 11.7 Å². The fraction of sp³-hybridized carbons (Fsp3) is 0.500. The third-order valence-electron chi connectivity index (χ3n) is 1.09. The summed E-state index contributed by atoms with van der Waals surface area (Å²) in [6.45, 7) is 9.40. The van der Waals surface area contributed by atoms with Crippen LogP contribution < -0.4 is 0 Å². The standard InChI is InChI=1S/C8H14O2/c1-4-8(3)10-6-5-7(2)9/h9H,2-6H2,1H3. The first-order valence-electron chi connectivity index (χ1n) is 3.34. The fourth-order valence-corrected chi connectivity index (χ4v) is 0.415. The number of aliphatic hydroxyl groups excluding tert-OH is 1. The molecule has 0 heterocycles. The molecule has 0 aliphatic rings. The van der Waals surface area contributed by atoms with Crippen LogP contribution in [-0.2, 0) is 4.74 Å². The molecule has 0 aromatic carbocycles. The lowest BCUT2D eigenvalue weighted by molar-refractivity contribution is 0.196. The zero-order valence-electron chi connectivity index (χ0n) is 6.39. The molecule has 0 amide bonds. The van der Waals surface area contributed by atoms with Gasteiger partial charge in [-0.15, -0.1) is 0 Å². The van der Waals surface area contributed by atoms with Crippen LogP contribution >= 0.6 is 0 Å². The van der Waals surface area contributed by atoms with E-state index in [1.807, 2.05) is 6.92 Å². The molecule has 10 heavy (non-hydrogen) atoms. The normalized spacial score (nSPS) is 8.90. The smallest absolute Gasteiger partial charge is 0.0947 e. The molecule has 0 fully saturated rings. The monoisotopic (exact) mass is 142 g/mol. The second-order valence-corrected chi connectivity index (χ2v) is 2.06. The van der Waals surface area contributed by atoms with Gasteiger partial charge in [0.2, 0.25) is 0 Å². The van der Waals surface area contributed by atoms with Crippen LogP contribution in [0.15, 0.2) is 24.7 Å². The van der Waals surface area contributed by atoms with Crippen LogP contribution in [0.3, 0.4) is 0 Å². The summed E-state index contributed by atoms with van der Waals surface area (Å²) in [6.07, 6.45) is 1.30. The Labute approximate surface area is 61.8 Å². The van der Waals surface area contributed by atoms with Gasteiger partial charge >= 0.3 is 0 Å². The van der Waals surface area contributed by atoms with E-state index in [0.717, 1.165) is 12.2 Å². The number of ether oxygens (including phenoxy) is 1. The van der Waals surface area contributed by atoms with Gasteiger partial charge in [-0.25, -0.2) is 0 Å². The van der Waals surface area contributed by atoms with Crippen molar-refractivity contribution in [1.82, 2.24) is 0 Å². The minimum atomic E-state index is 0.156. The van der Waals surface area contributed by atoms with E-state index in [1.54, 1.807) is 0 Å². The van der Waals surface area contributed by atoms with Gasteiger partial charge in [0.1, 0.15) is 0 Å². The average molecular weight is 142 g/mol. The molecular formula is C8H14O2. The summed E-state index contributed by atoms with van der Waals surface area (Å²) in [5, 5.41) is 8.63. The Bertz CT molecular complexity index is 127. The van der Waals surface area contributed by atoms with Crippen molar-refractivity contribution in [1.29, 1.82) is 0 Å². The lowest BCUT2D eigenvalue weighted by Gasteiger charge is -2.04. The van der Waals surface area contributed by atoms with Crippen LogP contribution in [0, 0.1) is 0 Å². The van der Waals surface area contributed by atoms with Crippen LogP contribution in [0.4, 0.5) is 0 Å². The van der Waals surface area contributed by atoms with E-state index < -0.39 is 0 Å². The maximum atomic E-state index is 8.63. The molecule has 0 atom stereocenters. The molecule has 0 saturated carbocycles. The molecule has 2 heteroatoms. The Balaban J connectivity index is 3.20. The second kappa shape index (κ2) is 4.91. The molecular weight excluding hydrogens is 128 g/mol. The first-order valence-corrected chi connectivity index (χ1v) is 3.34. The fourth-order valence-electron chi connectivity index (χ4n) is 0.415. The second-order valence-electron chi connectivity index (χ2n) is 2.06. The summed E-state index contributed by atoms with van der Waals surface area (Å²) in [5.41, 5.74) is 0. The highest BCUT2D eigenvalue weighted by Gasteiger charge is 1.91. The summed E-state index contributed by atoms with van der Waals surface area (Å²) >= 11 is 0. The van der Waals surface area contributed by atoms with Crippen LogP contribution in [0.1, 0.15) is 19.8 Å². The summed E-state index contributed by atoms with van der Waals surface area (Å²) in [7, 11) is 0. The Morgan fingerprint density at radius 2 is 2.10 bits per heavy atom. The van der Waals surface area contributed by atoms with Gasteiger partial charge in [-0.3, -0.25) is 0 Å². The van der Waals surface area contributed by atoms with Crippen molar-refractivity contribution in [2.75, 3.05) is 6.61 Å². The zero-order valence-corrected chi connectivity index (χ0v) is 6.39. The summed E-state index contributed by atoms with van der Waals surface area (Å²) in [4.78, 5) is 0. The Kier molecular flexibility index (Phi) is 4.46. The zero-order chi connectivity index (χ0) is 7.98. The lowest BCUT2D eigenvalue weighted by atomic mass is 10.4. The molecule has 58 valence electrons. The summed E-state index contributed by atoms with van der Waals surface area (Å²) in [5.74, 6) is 0.908. The minimum Gasteiger partial charge on any atom is -0.513 e. The molecule has 0 bridgehead atoms. The van der Waals surface area contributed by atoms with Crippen molar-refractivity contribution in [3.05, 3.63) is 24.7 Å². The number of hydrogen-bond acceptors (Lipinski definition) is 2. The van der Waals surface area contributed by atoms with Gasteiger partial charge in [0, 0.05) is 12.8 Å². The molecule has 0 aliphatic carbocycles. The first-order chi connectivity index (χ1) is 4.66. The molecule has 0 radical (unpaired) electrons. The van der Waals surface area contributed by atoms with E-state index in [4.69, 9.17) is 9.84 Å². The average Bonchev–Trinajstić information content (AvgIpc) is 1.87. The van der Waals surface area contributed by atoms with Crippen molar-refractivity contribution in [2.45, 2.75) is 19.8 Å². The largest absolute Gasteiger partial charge is 0.513 e. The number of hydrogen-bond donors (Lipinski definition) is 1. The van der Waals surface area contributed by atoms with E-state index in [9.17, 15) is 0 Å². The molecule has 0 unspecified atom stereocenters. The molecule has 0 rings (SSSR count). The number of aliphatic hydroxyl groups is 1. The van der Waals surface area contributed by atoms with Crippen molar-refractivity contribution in [3.63, 3.8) is 0 Å². The molecule has 0 spiro atoms. The summed E-state index contributed by atoms with van der Waals surface area (Å²) < 4.78 is 5.09. The third kappa shape index (κ3) is 5.22. The highest BCUT2D eigenvalue weighted by Crippen LogP contribution is 2.01. The Morgan fingerprint density at radius 3 is 2.50 bits per heavy atom. The first kappa shape index (κ1) is 9.08. The Morgan fingerprint density at radius 1 is 1.50 bits per heavy atom. The third-order valence-corrected chi connectivity index (χ3v) is 1.09. The van der Waals surface area contributed by atoms with Crippen LogP contribution in [0.25, 0.3) is 0 Å². The van der Waals surface area contributed by atoms with Gasteiger partial charge in [0.25, 0.3) is 0 Å². The molecule has 1 N–H and O–H groups in total. The van der Waals surface area contributed by atoms with E-state index in [-0.39, 0.29) is 5.76 Å². The number of allylic oxidation sites excluding steroid dienone is 1. The van der Waals surface area contributed by atoms with Crippen molar-refractivity contribution in [2.24, 2.45) is 0 Å². The van der Waals surface area contributed by atoms with E-state index in [0.29, 0.717) is 13.0 Å². The maximum Gasteiger partial charge on any atom is 0.0947 e. The van der Waals surface area contributed by atoms with Crippen molar-refractivity contribution >= 4 is 0 Å². The highest BCUT2D eigenvalue weighted by atomic mass is 16.5. The SMILES string of the molecule is C=C(O)CCOC(=C)CC. The van der Waals surface area contributed by atoms with Crippen molar-refractivity contribution in [3.8, 4) is 0 Å². The van der Waals surface area contributed by atoms with E-state index >= 15 is 0 Å². The van der Waals surface area contributed by atoms with Gasteiger partial charge in [-0.1, -0.05) is 20.1 Å². The Hall–Kier alpha value is -0.920. The number of rotatable bonds is 5. The predicted molar refractivity (Wildman–Crippen MR) is 41.8 cm³/mol. The maximum absolute atomic E-state index is 8.63. The quantitative estimate of drug-likeness (QED) is 0.597. The minimum absolute atomic E-state index is 0.156. The van der Waals surface area contributed by atoms with Gasteiger partial charge in [-0.2, -0.15) is 0 Å². The predicted octanol–water partition coefficient (Wildman–Crippen LogP) is 2.39. The topological polar surface area (TPSA) is 29.5 Å². The molecule has 0 aliphatic heterocycles. The van der Waals surface area contributed by atoms with Gasteiger partial charge < -0.3 is 9.84 Å². The van der Waals surface area contributed by atoms with Gasteiger partial charge in [0.05, 0.1) is 18.1 Å². The molecule has 0 saturated heterocycles. The summed E-state index contributed by atoms with van der Waals surface area (Å²) in [6, 6.07) is 0.